The minimum Gasteiger partial charge on any atom is -0.0911 e. The zero-order valence-corrected chi connectivity index (χ0v) is 8.90. The van der Waals surface area contributed by atoms with Gasteiger partial charge >= 0.3 is 0 Å². The number of benzene rings is 2. The minimum absolute atomic E-state index is 1.08. The number of fused-ring (bicyclic) bond motifs is 1. The van der Waals surface area contributed by atoms with Crippen molar-refractivity contribution >= 4 is 23.4 Å². The molecule has 0 saturated heterocycles. The maximum Gasteiger partial charge on any atom is -0.0178 e. The molecule has 0 fully saturated rings. The second-order valence-corrected chi connectivity index (χ2v) is 3.59. The van der Waals surface area contributed by atoms with Gasteiger partial charge in [-0.2, -0.15) is 0 Å². The Labute approximate surface area is 89.9 Å². The molecule has 0 aliphatic carbocycles. The van der Waals surface area contributed by atoms with Crippen molar-refractivity contribution in [1.82, 2.24) is 0 Å². The zero-order valence-electron chi connectivity index (χ0n) is 8.90. The Hall–Kier alpha value is -1.82. The van der Waals surface area contributed by atoms with Gasteiger partial charge in [-0.05, 0) is 40.3 Å². The fraction of sp³-hybridized carbons (Fsp3) is 0.0667. The van der Waals surface area contributed by atoms with Crippen LogP contribution in [0.15, 0.2) is 48.6 Å². The Morgan fingerprint density at radius 3 is 2.40 bits per heavy atom. The van der Waals surface area contributed by atoms with Crippen LogP contribution < -0.4 is 10.4 Å². The van der Waals surface area contributed by atoms with Gasteiger partial charge in [-0.3, -0.25) is 0 Å². The van der Waals surface area contributed by atoms with E-state index in [1.54, 1.807) is 0 Å². The monoisotopic (exact) mass is 194 g/mol. The first-order chi connectivity index (χ1) is 7.31. The van der Waals surface area contributed by atoms with Crippen molar-refractivity contribution in [3.05, 3.63) is 59.0 Å². The molecule has 0 heteroatoms. The largest absolute Gasteiger partial charge is 0.0911 e. The first-order valence-corrected chi connectivity index (χ1v) is 5.12. The van der Waals surface area contributed by atoms with E-state index in [1.165, 1.54) is 16.0 Å². The molecule has 0 spiro atoms. The van der Waals surface area contributed by atoms with E-state index in [9.17, 15) is 0 Å². The normalized spacial score (nSPS) is 12.7. The molecule has 0 aliphatic heterocycles. The summed E-state index contributed by atoms with van der Waals surface area (Å²) in [6.45, 7) is 6.07. The molecule has 0 amide bonds. The number of hydrogen-bond acceptors (Lipinski definition) is 0. The van der Waals surface area contributed by atoms with Crippen molar-refractivity contribution in [3.8, 4) is 0 Å². The summed E-state index contributed by atoms with van der Waals surface area (Å²) in [4.78, 5) is 0. The minimum atomic E-state index is 1.08. The van der Waals surface area contributed by atoms with Crippen LogP contribution in [0.5, 0.6) is 0 Å². The van der Waals surface area contributed by atoms with Crippen LogP contribution in [0.4, 0.5) is 0 Å². The van der Waals surface area contributed by atoms with Crippen LogP contribution in [0, 0.1) is 0 Å². The molecular formula is C15H14. The van der Waals surface area contributed by atoms with E-state index < -0.39 is 0 Å². The Morgan fingerprint density at radius 2 is 1.73 bits per heavy atom. The SMILES string of the molecule is C=c1cc2ccccc2c/c1=C/C=C\C. The zero-order chi connectivity index (χ0) is 10.7. The first-order valence-electron chi connectivity index (χ1n) is 5.12. The molecule has 0 atom stereocenters. The van der Waals surface area contributed by atoms with Crippen molar-refractivity contribution in [3.63, 3.8) is 0 Å². The predicted molar refractivity (Wildman–Crippen MR) is 68.0 cm³/mol. The molecule has 0 aliphatic rings. The Balaban J connectivity index is 2.78. The molecule has 0 heterocycles. The molecular weight excluding hydrogens is 180 g/mol. The van der Waals surface area contributed by atoms with Gasteiger partial charge in [0.1, 0.15) is 0 Å². The van der Waals surface area contributed by atoms with Crippen LogP contribution in [0.2, 0.25) is 0 Å². The second-order valence-electron chi connectivity index (χ2n) is 3.59. The third-order valence-corrected chi connectivity index (χ3v) is 2.48. The predicted octanol–water partition coefficient (Wildman–Crippen LogP) is 2.61. The Bertz CT molecular complexity index is 603. The molecule has 2 aromatic rings. The van der Waals surface area contributed by atoms with E-state index in [0.29, 0.717) is 0 Å². The summed E-state index contributed by atoms with van der Waals surface area (Å²) in [5.74, 6) is 0. The summed E-state index contributed by atoms with van der Waals surface area (Å²) in [7, 11) is 0. The highest BCUT2D eigenvalue weighted by Gasteiger charge is 1.90. The van der Waals surface area contributed by atoms with E-state index in [2.05, 4.69) is 49.1 Å². The van der Waals surface area contributed by atoms with Crippen molar-refractivity contribution in [1.29, 1.82) is 0 Å². The molecule has 0 radical (unpaired) electrons. The van der Waals surface area contributed by atoms with Gasteiger partial charge < -0.3 is 0 Å². The maximum atomic E-state index is 4.06. The van der Waals surface area contributed by atoms with Crippen molar-refractivity contribution in [2.75, 3.05) is 0 Å². The highest BCUT2D eigenvalue weighted by atomic mass is 14.0. The van der Waals surface area contributed by atoms with E-state index >= 15 is 0 Å². The van der Waals surface area contributed by atoms with Crippen LogP contribution >= 0.6 is 0 Å². The lowest BCUT2D eigenvalue weighted by Gasteiger charge is -1.96. The quantitative estimate of drug-likeness (QED) is 0.654. The third-order valence-electron chi connectivity index (χ3n) is 2.48. The molecule has 0 N–H and O–H groups in total. The van der Waals surface area contributed by atoms with Crippen LogP contribution in [-0.4, -0.2) is 0 Å². The topological polar surface area (TPSA) is 0 Å². The van der Waals surface area contributed by atoms with Crippen LogP contribution in [0.1, 0.15) is 6.92 Å². The lowest BCUT2D eigenvalue weighted by molar-refractivity contribution is 1.58. The van der Waals surface area contributed by atoms with Gasteiger partial charge in [-0.25, -0.2) is 0 Å². The summed E-state index contributed by atoms with van der Waals surface area (Å²) in [5.41, 5.74) is 0. The van der Waals surface area contributed by atoms with Crippen molar-refractivity contribution in [2.24, 2.45) is 0 Å². The van der Waals surface area contributed by atoms with Gasteiger partial charge in [0.05, 0.1) is 0 Å². The molecule has 74 valence electrons. The highest BCUT2D eigenvalue weighted by Crippen LogP contribution is 2.07. The van der Waals surface area contributed by atoms with E-state index in [-0.39, 0.29) is 0 Å². The van der Waals surface area contributed by atoms with Crippen molar-refractivity contribution < 1.29 is 0 Å². The highest BCUT2D eigenvalue weighted by molar-refractivity contribution is 5.82. The van der Waals surface area contributed by atoms with Crippen LogP contribution in [0.3, 0.4) is 0 Å². The molecule has 2 rings (SSSR count). The van der Waals surface area contributed by atoms with E-state index in [1.807, 2.05) is 19.1 Å². The molecule has 0 nitrogen and oxygen atoms in total. The summed E-state index contributed by atoms with van der Waals surface area (Å²) >= 11 is 0. The average molecular weight is 194 g/mol. The summed E-state index contributed by atoms with van der Waals surface area (Å²) in [6, 6.07) is 12.7. The van der Waals surface area contributed by atoms with Gasteiger partial charge in [0.25, 0.3) is 0 Å². The van der Waals surface area contributed by atoms with Gasteiger partial charge in [-0.1, -0.05) is 49.1 Å². The molecule has 0 aromatic heterocycles. The number of hydrogen-bond donors (Lipinski definition) is 0. The number of rotatable bonds is 1. The van der Waals surface area contributed by atoms with E-state index in [0.717, 1.165) is 5.22 Å². The van der Waals surface area contributed by atoms with Gasteiger partial charge in [-0.15, -0.1) is 0 Å². The maximum absolute atomic E-state index is 4.06. The summed E-state index contributed by atoms with van der Waals surface area (Å²) in [6.07, 6.45) is 6.15. The number of allylic oxidation sites excluding steroid dienone is 2. The fourth-order valence-corrected chi connectivity index (χ4v) is 1.66. The lowest BCUT2D eigenvalue weighted by Crippen LogP contribution is -2.21. The average Bonchev–Trinajstić information content (AvgIpc) is 2.26. The molecule has 0 unspecified atom stereocenters. The van der Waals surface area contributed by atoms with E-state index in [4.69, 9.17) is 0 Å². The van der Waals surface area contributed by atoms with Gasteiger partial charge in [0.2, 0.25) is 0 Å². The van der Waals surface area contributed by atoms with Gasteiger partial charge in [0.15, 0.2) is 0 Å². The summed E-state index contributed by atoms with van der Waals surface area (Å²) < 4.78 is 0. The molecule has 0 saturated carbocycles. The third kappa shape index (κ3) is 1.99. The first kappa shape index (κ1) is 9.72. The summed E-state index contributed by atoms with van der Waals surface area (Å²) in [5, 5.41) is 4.78. The van der Waals surface area contributed by atoms with Crippen LogP contribution in [-0.2, 0) is 0 Å². The lowest BCUT2D eigenvalue weighted by atomic mass is 10.1. The molecule has 0 bridgehead atoms. The van der Waals surface area contributed by atoms with Crippen LogP contribution in [0.25, 0.3) is 23.4 Å². The molecule has 15 heavy (non-hydrogen) atoms. The Kier molecular flexibility index (Phi) is 2.68. The fourth-order valence-electron chi connectivity index (χ4n) is 1.66. The standard InChI is InChI=1S/C15H14/c1-3-4-7-13-11-15-9-6-5-8-14(15)10-12(13)2/h3-11H,2H2,1H3/b4-3-,13-7-. The van der Waals surface area contributed by atoms with Crippen molar-refractivity contribution in [2.45, 2.75) is 6.92 Å². The smallest absolute Gasteiger partial charge is 0.0178 e. The second kappa shape index (κ2) is 4.14. The van der Waals surface area contributed by atoms with Gasteiger partial charge in [0, 0.05) is 0 Å². The Morgan fingerprint density at radius 1 is 1.07 bits per heavy atom. The molecule has 2 aromatic carbocycles.